The van der Waals surface area contributed by atoms with E-state index in [9.17, 15) is 4.79 Å². The molecule has 0 aromatic heterocycles. The molecule has 1 atom stereocenters. The van der Waals surface area contributed by atoms with Gasteiger partial charge in [-0.2, -0.15) is 0 Å². The van der Waals surface area contributed by atoms with Crippen LogP contribution in [0.4, 0.5) is 5.69 Å². The molecule has 132 valence electrons. The van der Waals surface area contributed by atoms with Crippen LogP contribution in [0.3, 0.4) is 0 Å². The molecule has 4 nitrogen and oxygen atoms in total. The van der Waals surface area contributed by atoms with E-state index in [-0.39, 0.29) is 11.9 Å². The summed E-state index contributed by atoms with van der Waals surface area (Å²) in [6.07, 6.45) is 2.48. The minimum absolute atomic E-state index is 0.00886. The van der Waals surface area contributed by atoms with Gasteiger partial charge >= 0.3 is 0 Å². The third-order valence-electron chi connectivity index (χ3n) is 4.87. The van der Waals surface area contributed by atoms with E-state index in [2.05, 4.69) is 34.5 Å². The highest BCUT2D eigenvalue weighted by molar-refractivity contribution is 5.94. The van der Waals surface area contributed by atoms with E-state index >= 15 is 0 Å². The summed E-state index contributed by atoms with van der Waals surface area (Å²) in [6.45, 7) is 2.85. The maximum Gasteiger partial charge on any atom is 0.251 e. The van der Waals surface area contributed by atoms with Gasteiger partial charge in [0.1, 0.15) is 0 Å². The Morgan fingerprint density at radius 1 is 1.04 bits per heavy atom. The Morgan fingerprint density at radius 2 is 1.68 bits per heavy atom. The lowest BCUT2D eigenvalue weighted by Crippen LogP contribution is -2.36. The SMILES string of the molecule is CN(C)c1ccc(C(=O)NCC(c2ccccc2)N2CCCC2)cc1. The molecule has 4 heteroatoms. The molecule has 1 aliphatic rings. The first kappa shape index (κ1) is 17.5. The Morgan fingerprint density at radius 3 is 2.28 bits per heavy atom. The average molecular weight is 337 g/mol. The monoisotopic (exact) mass is 337 g/mol. The number of likely N-dealkylation sites (tertiary alicyclic amines) is 1. The van der Waals surface area contributed by atoms with Crippen LogP contribution < -0.4 is 10.2 Å². The predicted molar refractivity (Wildman–Crippen MR) is 103 cm³/mol. The summed E-state index contributed by atoms with van der Waals surface area (Å²) in [7, 11) is 3.99. The van der Waals surface area contributed by atoms with Crippen molar-refractivity contribution in [3.63, 3.8) is 0 Å². The van der Waals surface area contributed by atoms with Crippen LogP contribution in [0.1, 0.15) is 34.8 Å². The molecular weight excluding hydrogens is 310 g/mol. The molecule has 1 saturated heterocycles. The van der Waals surface area contributed by atoms with Crippen molar-refractivity contribution in [3.05, 3.63) is 65.7 Å². The van der Waals surface area contributed by atoms with E-state index in [1.54, 1.807) is 0 Å². The smallest absolute Gasteiger partial charge is 0.251 e. The summed E-state index contributed by atoms with van der Waals surface area (Å²) in [4.78, 5) is 17.0. The molecule has 0 spiro atoms. The van der Waals surface area contributed by atoms with Gasteiger partial charge in [0.15, 0.2) is 0 Å². The minimum atomic E-state index is -0.00886. The summed E-state index contributed by atoms with van der Waals surface area (Å²) in [5.74, 6) is -0.00886. The molecule has 1 amide bonds. The fourth-order valence-electron chi connectivity index (χ4n) is 3.39. The molecular formula is C21H27N3O. The van der Waals surface area contributed by atoms with Gasteiger partial charge in [-0.25, -0.2) is 0 Å². The van der Waals surface area contributed by atoms with Gasteiger partial charge in [-0.15, -0.1) is 0 Å². The number of nitrogens with one attached hydrogen (secondary N) is 1. The molecule has 1 fully saturated rings. The van der Waals surface area contributed by atoms with Crippen LogP contribution in [-0.2, 0) is 0 Å². The van der Waals surface area contributed by atoms with Crippen molar-refractivity contribution in [2.75, 3.05) is 38.6 Å². The Balaban J connectivity index is 1.67. The van der Waals surface area contributed by atoms with Gasteiger partial charge in [0.05, 0.1) is 6.04 Å². The molecule has 1 heterocycles. The van der Waals surface area contributed by atoms with Gasteiger partial charge in [0.2, 0.25) is 0 Å². The minimum Gasteiger partial charge on any atom is -0.378 e. The van der Waals surface area contributed by atoms with E-state index in [1.165, 1.54) is 18.4 Å². The number of rotatable bonds is 6. The summed E-state index contributed by atoms with van der Waals surface area (Å²) in [6, 6.07) is 18.5. The number of amides is 1. The molecule has 2 aromatic carbocycles. The topological polar surface area (TPSA) is 35.6 Å². The van der Waals surface area contributed by atoms with E-state index in [4.69, 9.17) is 0 Å². The van der Waals surface area contributed by atoms with Crippen LogP contribution in [-0.4, -0.2) is 44.5 Å². The Labute approximate surface area is 150 Å². The van der Waals surface area contributed by atoms with Crippen molar-refractivity contribution >= 4 is 11.6 Å². The highest BCUT2D eigenvalue weighted by atomic mass is 16.1. The van der Waals surface area contributed by atoms with Gasteiger partial charge in [0.25, 0.3) is 5.91 Å². The number of hydrogen-bond acceptors (Lipinski definition) is 3. The number of anilines is 1. The van der Waals surface area contributed by atoms with Gasteiger partial charge < -0.3 is 10.2 Å². The summed E-state index contributed by atoms with van der Waals surface area (Å²) in [5.41, 5.74) is 3.07. The zero-order valence-electron chi connectivity index (χ0n) is 15.1. The van der Waals surface area contributed by atoms with Crippen LogP contribution in [0.2, 0.25) is 0 Å². The second kappa shape index (κ2) is 8.17. The van der Waals surface area contributed by atoms with Crippen molar-refractivity contribution < 1.29 is 4.79 Å². The highest BCUT2D eigenvalue weighted by Gasteiger charge is 2.23. The number of carbonyl (C=O) groups is 1. The number of hydrogen-bond donors (Lipinski definition) is 1. The molecule has 0 radical (unpaired) electrons. The standard InChI is InChI=1S/C21H27N3O/c1-23(2)19-12-10-18(11-13-19)21(25)22-16-20(24-14-6-7-15-24)17-8-4-3-5-9-17/h3-5,8-13,20H,6-7,14-16H2,1-2H3,(H,22,25). The molecule has 1 aliphatic heterocycles. The predicted octanol–water partition coefficient (Wildman–Crippen LogP) is 3.32. The van der Waals surface area contributed by atoms with E-state index in [1.807, 2.05) is 49.3 Å². The van der Waals surface area contributed by atoms with Gasteiger partial charge in [0, 0.05) is 31.9 Å². The molecule has 3 rings (SSSR count). The van der Waals surface area contributed by atoms with Crippen molar-refractivity contribution in [1.82, 2.24) is 10.2 Å². The lowest BCUT2D eigenvalue weighted by atomic mass is 10.1. The van der Waals surface area contributed by atoms with Gasteiger partial charge in [-0.05, 0) is 55.8 Å². The largest absolute Gasteiger partial charge is 0.378 e. The van der Waals surface area contributed by atoms with Crippen LogP contribution >= 0.6 is 0 Å². The Hall–Kier alpha value is -2.33. The first-order chi connectivity index (χ1) is 12.1. The average Bonchev–Trinajstić information content (AvgIpc) is 3.17. The Kier molecular flexibility index (Phi) is 5.71. The first-order valence-electron chi connectivity index (χ1n) is 9.00. The molecule has 0 saturated carbocycles. The second-order valence-corrected chi connectivity index (χ2v) is 6.82. The van der Waals surface area contributed by atoms with E-state index in [0.717, 1.165) is 18.8 Å². The normalized spacial score (nSPS) is 15.8. The fourth-order valence-corrected chi connectivity index (χ4v) is 3.39. The molecule has 2 aromatic rings. The fraction of sp³-hybridized carbons (Fsp3) is 0.381. The molecule has 0 aliphatic carbocycles. The third kappa shape index (κ3) is 4.40. The summed E-state index contributed by atoms with van der Waals surface area (Å²) < 4.78 is 0. The summed E-state index contributed by atoms with van der Waals surface area (Å²) in [5, 5.41) is 3.13. The number of carbonyl (C=O) groups excluding carboxylic acids is 1. The lowest BCUT2D eigenvalue weighted by molar-refractivity contribution is 0.0938. The maximum absolute atomic E-state index is 12.5. The lowest BCUT2D eigenvalue weighted by Gasteiger charge is -2.28. The van der Waals surface area contributed by atoms with Crippen molar-refractivity contribution in [2.45, 2.75) is 18.9 Å². The molecule has 1 unspecified atom stereocenters. The summed E-state index contributed by atoms with van der Waals surface area (Å²) >= 11 is 0. The van der Waals surface area contributed by atoms with Crippen LogP contribution in [0.5, 0.6) is 0 Å². The van der Waals surface area contributed by atoms with Crippen LogP contribution in [0, 0.1) is 0 Å². The quantitative estimate of drug-likeness (QED) is 0.878. The van der Waals surface area contributed by atoms with E-state index in [0.29, 0.717) is 12.1 Å². The molecule has 25 heavy (non-hydrogen) atoms. The van der Waals surface area contributed by atoms with Crippen LogP contribution in [0.25, 0.3) is 0 Å². The third-order valence-corrected chi connectivity index (χ3v) is 4.87. The van der Waals surface area contributed by atoms with Crippen LogP contribution in [0.15, 0.2) is 54.6 Å². The maximum atomic E-state index is 12.5. The highest BCUT2D eigenvalue weighted by Crippen LogP contribution is 2.24. The number of nitrogens with zero attached hydrogens (tertiary/aromatic N) is 2. The van der Waals surface area contributed by atoms with Crippen molar-refractivity contribution in [2.24, 2.45) is 0 Å². The molecule has 1 N–H and O–H groups in total. The zero-order valence-corrected chi connectivity index (χ0v) is 15.1. The Bertz CT molecular complexity index is 676. The van der Waals surface area contributed by atoms with Gasteiger partial charge in [-0.3, -0.25) is 9.69 Å². The van der Waals surface area contributed by atoms with Crippen molar-refractivity contribution in [1.29, 1.82) is 0 Å². The number of benzene rings is 2. The second-order valence-electron chi connectivity index (χ2n) is 6.82. The zero-order chi connectivity index (χ0) is 17.6. The van der Waals surface area contributed by atoms with E-state index < -0.39 is 0 Å². The first-order valence-corrected chi connectivity index (χ1v) is 9.00. The van der Waals surface area contributed by atoms with Gasteiger partial charge in [-0.1, -0.05) is 30.3 Å². The molecule has 0 bridgehead atoms. The van der Waals surface area contributed by atoms with Crippen molar-refractivity contribution in [3.8, 4) is 0 Å².